The summed E-state index contributed by atoms with van der Waals surface area (Å²) < 4.78 is 14.9. The molecule has 0 spiro atoms. The van der Waals surface area contributed by atoms with Crippen molar-refractivity contribution in [3.63, 3.8) is 0 Å². The number of halogens is 1. The number of aryl methyl sites for hydroxylation is 1. The molecular formula is C18H17ClN2O7. The van der Waals surface area contributed by atoms with E-state index in [0.29, 0.717) is 10.7 Å². The molecule has 0 aliphatic rings. The molecule has 9 nitrogen and oxygen atoms in total. The summed E-state index contributed by atoms with van der Waals surface area (Å²) in [5.41, 5.74) is 0.327. The average Bonchev–Trinajstić information content (AvgIpc) is 2.67. The molecule has 0 atom stereocenters. The third kappa shape index (κ3) is 4.89. The molecule has 1 N–H and O–H groups in total. The maximum absolute atomic E-state index is 12.3. The number of nitro groups is 1. The molecule has 28 heavy (non-hydrogen) atoms. The van der Waals surface area contributed by atoms with Gasteiger partial charge in [-0.25, -0.2) is 4.79 Å². The number of ether oxygens (including phenoxy) is 3. The van der Waals surface area contributed by atoms with E-state index in [1.54, 1.807) is 25.1 Å². The number of anilines is 1. The van der Waals surface area contributed by atoms with Crippen molar-refractivity contribution in [1.82, 2.24) is 0 Å². The fourth-order valence-corrected chi connectivity index (χ4v) is 2.48. The Morgan fingerprint density at radius 2 is 1.79 bits per heavy atom. The van der Waals surface area contributed by atoms with Crippen LogP contribution in [0.25, 0.3) is 0 Å². The van der Waals surface area contributed by atoms with Crippen molar-refractivity contribution in [3.05, 3.63) is 56.6 Å². The van der Waals surface area contributed by atoms with Crippen LogP contribution in [0.4, 0.5) is 11.4 Å². The summed E-state index contributed by atoms with van der Waals surface area (Å²) in [6.45, 7) is 1.13. The van der Waals surface area contributed by atoms with E-state index in [-0.39, 0.29) is 17.1 Å². The predicted molar refractivity (Wildman–Crippen MR) is 101 cm³/mol. The second-order valence-electron chi connectivity index (χ2n) is 5.57. The van der Waals surface area contributed by atoms with E-state index in [2.05, 4.69) is 5.32 Å². The van der Waals surface area contributed by atoms with Crippen molar-refractivity contribution >= 4 is 34.9 Å². The molecule has 0 fully saturated rings. The van der Waals surface area contributed by atoms with Crippen LogP contribution in [-0.4, -0.2) is 37.6 Å². The molecule has 0 bridgehead atoms. The molecule has 0 unspecified atom stereocenters. The van der Waals surface area contributed by atoms with Crippen molar-refractivity contribution < 1.29 is 28.7 Å². The van der Waals surface area contributed by atoms with Crippen molar-refractivity contribution in [2.24, 2.45) is 0 Å². The number of carbonyl (C=O) groups excluding carboxylic acids is 2. The monoisotopic (exact) mass is 408 g/mol. The maximum Gasteiger partial charge on any atom is 0.345 e. The van der Waals surface area contributed by atoms with Crippen LogP contribution in [0.15, 0.2) is 30.3 Å². The summed E-state index contributed by atoms with van der Waals surface area (Å²) in [5.74, 6) is -1.48. The number of nitro benzene ring substituents is 1. The summed E-state index contributed by atoms with van der Waals surface area (Å²) in [5, 5.41) is 14.2. The predicted octanol–water partition coefficient (Wildman–Crippen LogP) is 3.37. The molecule has 0 saturated carbocycles. The summed E-state index contributed by atoms with van der Waals surface area (Å²) >= 11 is 5.89. The molecule has 148 valence electrons. The van der Waals surface area contributed by atoms with Gasteiger partial charge in [-0.1, -0.05) is 17.7 Å². The van der Waals surface area contributed by atoms with Gasteiger partial charge in [0.15, 0.2) is 18.1 Å². The zero-order valence-corrected chi connectivity index (χ0v) is 16.0. The first-order valence-corrected chi connectivity index (χ1v) is 8.28. The standard InChI is InChI=1S/C18H17ClN2O7/c1-10-4-5-11(19)6-13(10)20-17(22)9-28-18(23)12-7-15(26-2)16(27-3)8-14(12)21(24)25/h4-8H,9H2,1-3H3,(H,20,22). The van der Waals surface area contributed by atoms with Gasteiger partial charge in [-0.3, -0.25) is 14.9 Å². The lowest BCUT2D eigenvalue weighted by atomic mass is 10.1. The van der Waals surface area contributed by atoms with Gasteiger partial charge >= 0.3 is 5.97 Å². The number of hydrogen-bond acceptors (Lipinski definition) is 7. The van der Waals surface area contributed by atoms with Crippen LogP contribution in [0.2, 0.25) is 5.02 Å². The van der Waals surface area contributed by atoms with Gasteiger partial charge in [0.1, 0.15) is 5.56 Å². The molecule has 10 heteroatoms. The van der Waals surface area contributed by atoms with E-state index in [9.17, 15) is 19.7 Å². The Balaban J connectivity index is 2.15. The minimum absolute atomic E-state index is 0.0833. The van der Waals surface area contributed by atoms with Crippen LogP contribution in [0, 0.1) is 17.0 Å². The highest BCUT2D eigenvalue weighted by Gasteiger charge is 2.26. The number of nitrogens with zero attached hydrogens (tertiary/aromatic N) is 1. The fraction of sp³-hybridized carbons (Fsp3) is 0.222. The lowest BCUT2D eigenvalue weighted by molar-refractivity contribution is -0.385. The Kier molecular flexibility index (Phi) is 6.78. The average molecular weight is 409 g/mol. The second-order valence-corrected chi connectivity index (χ2v) is 6.00. The molecule has 0 radical (unpaired) electrons. The minimum Gasteiger partial charge on any atom is -0.493 e. The van der Waals surface area contributed by atoms with Gasteiger partial charge in [0.2, 0.25) is 0 Å². The first kappa shape index (κ1) is 21.0. The van der Waals surface area contributed by atoms with Crippen LogP contribution in [-0.2, 0) is 9.53 Å². The summed E-state index contributed by atoms with van der Waals surface area (Å²) in [6.07, 6.45) is 0. The number of rotatable bonds is 7. The third-order valence-corrected chi connectivity index (χ3v) is 3.96. The first-order valence-electron chi connectivity index (χ1n) is 7.90. The second kappa shape index (κ2) is 9.05. The smallest absolute Gasteiger partial charge is 0.345 e. The Morgan fingerprint density at radius 3 is 2.39 bits per heavy atom. The van der Waals surface area contributed by atoms with Crippen LogP contribution < -0.4 is 14.8 Å². The molecule has 1 amide bonds. The minimum atomic E-state index is -1.05. The number of benzene rings is 2. The molecule has 0 saturated heterocycles. The highest BCUT2D eigenvalue weighted by atomic mass is 35.5. The van der Waals surface area contributed by atoms with Crippen LogP contribution in [0.3, 0.4) is 0 Å². The molecule has 0 aliphatic carbocycles. The highest BCUT2D eigenvalue weighted by Crippen LogP contribution is 2.34. The SMILES string of the molecule is COc1cc(C(=O)OCC(=O)Nc2cc(Cl)ccc2C)c([N+](=O)[O-])cc1OC. The van der Waals surface area contributed by atoms with E-state index in [1.165, 1.54) is 14.2 Å². The van der Waals surface area contributed by atoms with E-state index >= 15 is 0 Å². The van der Waals surface area contributed by atoms with E-state index in [1.807, 2.05) is 0 Å². The van der Waals surface area contributed by atoms with E-state index in [4.69, 9.17) is 25.8 Å². The number of methoxy groups -OCH3 is 2. The molecule has 2 rings (SSSR count). The lowest BCUT2D eigenvalue weighted by Gasteiger charge is -2.11. The van der Waals surface area contributed by atoms with Gasteiger partial charge in [0.25, 0.3) is 11.6 Å². The molecule has 0 aliphatic heterocycles. The van der Waals surface area contributed by atoms with Crippen LogP contribution in [0.5, 0.6) is 11.5 Å². The number of carbonyl (C=O) groups is 2. The Labute approximate surface area is 165 Å². The van der Waals surface area contributed by atoms with Crippen molar-refractivity contribution in [2.45, 2.75) is 6.92 Å². The zero-order chi connectivity index (χ0) is 20.8. The number of esters is 1. The molecule has 2 aromatic carbocycles. The van der Waals surface area contributed by atoms with Gasteiger partial charge in [-0.2, -0.15) is 0 Å². The van der Waals surface area contributed by atoms with Crippen LogP contribution in [0.1, 0.15) is 15.9 Å². The lowest BCUT2D eigenvalue weighted by Crippen LogP contribution is -2.21. The zero-order valence-electron chi connectivity index (χ0n) is 15.3. The number of amides is 1. The van der Waals surface area contributed by atoms with Crippen molar-refractivity contribution in [2.75, 3.05) is 26.1 Å². The highest BCUT2D eigenvalue weighted by molar-refractivity contribution is 6.31. The maximum atomic E-state index is 12.3. The summed E-state index contributed by atoms with van der Waals surface area (Å²) in [7, 11) is 2.63. The van der Waals surface area contributed by atoms with Gasteiger partial charge in [-0.15, -0.1) is 0 Å². The van der Waals surface area contributed by atoms with Gasteiger partial charge in [0, 0.05) is 16.8 Å². The third-order valence-electron chi connectivity index (χ3n) is 3.73. The Morgan fingerprint density at radius 1 is 1.14 bits per heavy atom. The Hall–Kier alpha value is -3.33. The number of nitrogens with one attached hydrogen (secondary N) is 1. The van der Waals surface area contributed by atoms with Gasteiger partial charge < -0.3 is 19.5 Å². The molecule has 0 aromatic heterocycles. The number of hydrogen-bond donors (Lipinski definition) is 1. The largest absolute Gasteiger partial charge is 0.493 e. The quantitative estimate of drug-likeness (QED) is 0.424. The van der Waals surface area contributed by atoms with Gasteiger partial charge in [-0.05, 0) is 24.6 Å². The molecule has 0 heterocycles. The van der Waals surface area contributed by atoms with Crippen molar-refractivity contribution in [3.8, 4) is 11.5 Å². The van der Waals surface area contributed by atoms with Crippen molar-refractivity contribution in [1.29, 1.82) is 0 Å². The Bertz CT molecular complexity index is 930. The summed E-state index contributed by atoms with van der Waals surface area (Å²) in [4.78, 5) is 34.8. The summed E-state index contributed by atoms with van der Waals surface area (Å²) in [6, 6.07) is 7.11. The van der Waals surface area contributed by atoms with Gasteiger partial charge in [0.05, 0.1) is 25.2 Å². The molecule has 2 aromatic rings. The van der Waals surface area contributed by atoms with Crippen LogP contribution >= 0.6 is 11.6 Å². The van der Waals surface area contributed by atoms with E-state index in [0.717, 1.165) is 17.7 Å². The first-order chi connectivity index (χ1) is 13.3. The normalized spacial score (nSPS) is 10.1. The topological polar surface area (TPSA) is 117 Å². The van der Waals surface area contributed by atoms with E-state index < -0.39 is 29.1 Å². The molecular weight excluding hydrogens is 392 g/mol. The fourth-order valence-electron chi connectivity index (χ4n) is 2.31.